The number of nitrogens with one attached hydrogen (secondary N) is 1. The highest BCUT2D eigenvalue weighted by Gasteiger charge is 2.15. The summed E-state index contributed by atoms with van der Waals surface area (Å²) in [4.78, 5) is 29.8. The average molecular weight is 403 g/mol. The maximum atomic E-state index is 12.9. The van der Waals surface area contributed by atoms with Gasteiger partial charge in [0.2, 0.25) is 5.91 Å². The molecule has 2 heterocycles. The predicted molar refractivity (Wildman–Crippen MR) is 114 cm³/mol. The van der Waals surface area contributed by atoms with E-state index in [1.807, 2.05) is 50.2 Å². The number of carbonyl (C=O) groups is 1. The maximum absolute atomic E-state index is 12.9. The molecule has 30 heavy (non-hydrogen) atoms. The Morgan fingerprint density at radius 2 is 1.97 bits per heavy atom. The summed E-state index contributed by atoms with van der Waals surface area (Å²) in [5, 5.41) is 7.47. The van der Waals surface area contributed by atoms with E-state index in [-0.39, 0.29) is 18.0 Å². The Balaban J connectivity index is 1.63. The molecule has 0 bridgehead atoms. The minimum atomic E-state index is -0.353. The zero-order chi connectivity index (χ0) is 21.3. The molecule has 0 fully saturated rings. The molecule has 8 heteroatoms. The molecule has 0 atom stereocenters. The molecule has 2 aromatic carbocycles. The van der Waals surface area contributed by atoms with Gasteiger partial charge in [-0.3, -0.25) is 14.2 Å². The number of nitrogens with zero attached hydrogens (tertiary/aromatic N) is 4. The highest BCUT2D eigenvalue weighted by Crippen LogP contribution is 2.25. The van der Waals surface area contributed by atoms with Crippen molar-refractivity contribution in [3.63, 3.8) is 0 Å². The van der Waals surface area contributed by atoms with Crippen LogP contribution >= 0.6 is 0 Å². The minimum Gasteiger partial charge on any atom is -0.495 e. The van der Waals surface area contributed by atoms with Crippen molar-refractivity contribution in [2.24, 2.45) is 0 Å². The number of methoxy groups -OCH3 is 1. The van der Waals surface area contributed by atoms with Gasteiger partial charge in [-0.15, -0.1) is 0 Å². The Labute approximate surface area is 172 Å². The van der Waals surface area contributed by atoms with Crippen molar-refractivity contribution in [1.82, 2.24) is 19.3 Å². The van der Waals surface area contributed by atoms with Gasteiger partial charge in [-0.05, 0) is 43.2 Å². The standard InChI is InChI=1S/C22H21N5O3/c1-14-8-9-19(30-3)17(10-14)25-20(28)12-26-13-23-21-16(22(26)29)11-24-27(21)18-7-5-4-6-15(18)2/h4-11,13H,12H2,1-3H3,(H,25,28). The summed E-state index contributed by atoms with van der Waals surface area (Å²) in [6.45, 7) is 3.71. The van der Waals surface area contributed by atoms with Crippen LogP contribution in [0.2, 0.25) is 0 Å². The van der Waals surface area contributed by atoms with Crippen molar-refractivity contribution in [3.8, 4) is 11.4 Å². The van der Waals surface area contributed by atoms with Gasteiger partial charge in [0.1, 0.15) is 24.0 Å². The highest BCUT2D eigenvalue weighted by molar-refractivity contribution is 5.92. The van der Waals surface area contributed by atoms with E-state index in [0.717, 1.165) is 16.8 Å². The first-order chi connectivity index (χ1) is 14.5. The van der Waals surface area contributed by atoms with Crippen molar-refractivity contribution in [3.05, 3.63) is 76.5 Å². The third-order valence-corrected chi connectivity index (χ3v) is 4.84. The molecule has 0 unspecified atom stereocenters. The molecule has 2 aromatic heterocycles. The Kier molecular flexibility index (Phi) is 5.05. The molecule has 0 spiro atoms. The first kappa shape index (κ1) is 19.4. The topological polar surface area (TPSA) is 91.0 Å². The number of ether oxygens (including phenoxy) is 1. The van der Waals surface area contributed by atoms with E-state index in [1.165, 1.54) is 24.2 Å². The molecule has 0 aliphatic carbocycles. The van der Waals surface area contributed by atoms with Gasteiger partial charge >= 0.3 is 0 Å². The summed E-state index contributed by atoms with van der Waals surface area (Å²) in [5.74, 6) is 0.197. The van der Waals surface area contributed by atoms with Gasteiger partial charge in [-0.2, -0.15) is 5.10 Å². The fourth-order valence-electron chi connectivity index (χ4n) is 3.30. The highest BCUT2D eigenvalue weighted by atomic mass is 16.5. The molecule has 0 radical (unpaired) electrons. The summed E-state index contributed by atoms with van der Waals surface area (Å²) in [6, 6.07) is 13.2. The minimum absolute atomic E-state index is 0.172. The van der Waals surface area contributed by atoms with Gasteiger partial charge in [0.25, 0.3) is 5.56 Å². The molecule has 4 aromatic rings. The summed E-state index contributed by atoms with van der Waals surface area (Å²) in [7, 11) is 1.54. The number of benzene rings is 2. The molecule has 1 amide bonds. The summed E-state index contributed by atoms with van der Waals surface area (Å²) < 4.78 is 8.18. The number of aryl methyl sites for hydroxylation is 2. The van der Waals surface area contributed by atoms with Gasteiger partial charge in [0, 0.05) is 0 Å². The molecule has 8 nitrogen and oxygen atoms in total. The van der Waals surface area contributed by atoms with E-state index >= 15 is 0 Å². The zero-order valence-electron chi connectivity index (χ0n) is 16.9. The fraction of sp³-hybridized carbons (Fsp3) is 0.182. The first-order valence-corrected chi connectivity index (χ1v) is 9.41. The van der Waals surface area contributed by atoms with Crippen LogP contribution in [0.15, 0.2) is 59.8 Å². The molecule has 0 aliphatic rings. The number of amides is 1. The molecule has 4 rings (SSSR count). The number of fused-ring (bicyclic) bond motifs is 1. The number of hydrogen-bond acceptors (Lipinski definition) is 5. The molecular formula is C22H21N5O3. The normalized spacial score (nSPS) is 10.9. The number of para-hydroxylation sites is 1. The van der Waals surface area contributed by atoms with Gasteiger partial charge in [0.05, 0.1) is 24.7 Å². The van der Waals surface area contributed by atoms with E-state index in [2.05, 4.69) is 15.4 Å². The Morgan fingerprint density at radius 1 is 1.17 bits per heavy atom. The smallest absolute Gasteiger partial charge is 0.264 e. The van der Waals surface area contributed by atoms with Gasteiger partial charge in [-0.1, -0.05) is 24.3 Å². The van der Waals surface area contributed by atoms with Crippen LogP contribution in [0.25, 0.3) is 16.7 Å². The van der Waals surface area contributed by atoms with Crippen LogP contribution in [0.4, 0.5) is 5.69 Å². The van der Waals surface area contributed by atoms with Crippen LogP contribution < -0.4 is 15.6 Å². The van der Waals surface area contributed by atoms with Crippen molar-refractivity contribution in [2.75, 3.05) is 12.4 Å². The van der Waals surface area contributed by atoms with Crippen LogP contribution in [0, 0.1) is 13.8 Å². The van der Waals surface area contributed by atoms with E-state index < -0.39 is 0 Å². The lowest BCUT2D eigenvalue weighted by Crippen LogP contribution is -2.28. The number of rotatable bonds is 5. The first-order valence-electron chi connectivity index (χ1n) is 9.41. The van der Waals surface area contributed by atoms with E-state index in [1.54, 1.807) is 10.7 Å². The lowest BCUT2D eigenvalue weighted by molar-refractivity contribution is -0.116. The summed E-state index contributed by atoms with van der Waals surface area (Å²) in [5.41, 5.74) is 3.52. The van der Waals surface area contributed by atoms with Crippen LogP contribution in [-0.4, -0.2) is 32.3 Å². The predicted octanol–water partition coefficient (Wildman–Crippen LogP) is 2.85. The fourth-order valence-corrected chi connectivity index (χ4v) is 3.30. The third-order valence-electron chi connectivity index (χ3n) is 4.84. The van der Waals surface area contributed by atoms with Crippen molar-refractivity contribution in [2.45, 2.75) is 20.4 Å². The number of carbonyl (C=O) groups excluding carboxylic acids is 1. The van der Waals surface area contributed by atoms with E-state index in [4.69, 9.17) is 4.74 Å². The van der Waals surface area contributed by atoms with Crippen LogP contribution in [-0.2, 0) is 11.3 Å². The SMILES string of the molecule is COc1ccc(C)cc1NC(=O)Cn1cnc2c(cnn2-c2ccccc2C)c1=O. The second kappa shape index (κ2) is 7.82. The van der Waals surface area contributed by atoms with Crippen molar-refractivity contribution < 1.29 is 9.53 Å². The van der Waals surface area contributed by atoms with Crippen LogP contribution in [0.3, 0.4) is 0 Å². The molecular weight excluding hydrogens is 382 g/mol. The Hall–Kier alpha value is -3.94. The van der Waals surface area contributed by atoms with E-state index in [9.17, 15) is 9.59 Å². The molecule has 0 saturated heterocycles. The number of aromatic nitrogens is 4. The molecule has 152 valence electrons. The lowest BCUT2D eigenvalue weighted by atomic mass is 10.2. The molecule has 1 N–H and O–H groups in total. The second-order valence-corrected chi connectivity index (χ2v) is 7.01. The van der Waals surface area contributed by atoms with Crippen LogP contribution in [0.5, 0.6) is 5.75 Å². The van der Waals surface area contributed by atoms with Crippen LogP contribution in [0.1, 0.15) is 11.1 Å². The Morgan fingerprint density at radius 3 is 2.73 bits per heavy atom. The number of anilines is 1. The third kappa shape index (κ3) is 3.55. The van der Waals surface area contributed by atoms with Crippen molar-refractivity contribution in [1.29, 1.82) is 0 Å². The van der Waals surface area contributed by atoms with E-state index in [0.29, 0.717) is 22.5 Å². The maximum Gasteiger partial charge on any atom is 0.264 e. The molecule has 0 aliphatic heterocycles. The molecule has 0 saturated carbocycles. The van der Waals surface area contributed by atoms with Crippen molar-refractivity contribution >= 4 is 22.6 Å². The summed E-state index contributed by atoms with van der Waals surface area (Å²) >= 11 is 0. The Bertz CT molecular complexity index is 1310. The second-order valence-electron chi connectivity index (χ2n) is 7.01. The monoisotopic (exact) mass is 403 g/mol. The quantitative estimate of drug-likeness (QED) is 0.553. The van der Waals surface area contributed by atoms with Gasteiger partial charge < -0.3 is 10.1 Å². The summed E-state index contributed by atoms with van der Waals surface area (Å²) in [6.07, 6.45) is 2.85. The number of hydrogen-bond donors (Lipinski definition) is 1. The van der Waals surface area contributed by atoms with Gasteiger partial charge in [-0.25, -0.2) is 9.67 Å². The largest absolute Gasteiger partial charge is 0.495 e. The zero-order valence-corrected chi connectivity index (χ0v) is 16.9. The van der Waals surface area contributed by atoms with Gasteiger partial charge in [0.15, 0.2) is 5.65 Å². The average Bonchev–Trinajstić information content (AvgIpc) is 3.15. The lowest BCUT2D eigenvalue weighted by Gasteiger charge is -2.12.